The van der Waals surface area contributed by atoms with Gasteiger partial charge in [0.05, 0.1) is 18.1 Å². The van der Waals surface area contributed by atoms with E-state index in [0.717, 1.165) is 0 Å². The predicted molar refractivity (Wildman–Crippen MR) is 69.3 cm³/mol. The molecule has 1 aliphatic rings. The van der Waals surface area contributed by atoms with Crippen LogP contribution in [0.1, 0.15) is 37.3 Å². The number of carbonyl (C=O) groups excluding carboxylic acids is 1. The molecular formula is C15H19FO3. The monoisotopic (exact) mass is 266 g/mol. The van der Waals surface area contributed by atoms with Crippen LogP contribution in [0.15, 0.2) is 18.2 Å². The first-order valence-corrected chi connectivity index (χ1v) is 6.39. The van der Waals surface area contributed by atoms with Crippen molar-refractivity contribution in [3.05, 3.63) is 35.1 Å². The second kappa shape index (κ2) is 4.60. The Kier molecular flexibility index (Phi) is 3.39. The third-order valence-corrected chi connectivity index (χ3v) is 4.13. The van der Waals surface area contributed by atoms with Crippen molar-refractivity contribution in [2.24, 2.45) is 0 Å². The van der Waals surface area contributed by atoms with Gasteiger partial charge in [0.1, 0.15) is 5.82 Å². The topological polar surface area (TPSA) is 46.5 Å². The Morgan fingerprint density at radius 2 is 2.11 bits per heavy atom. The van der Waals surface area contributed by atoms with Gasteiger partial charge >= 0.3 is 5.97 Å². The van der Waals surface area contributed by atoms with E-state index >= 15 is 0 Å². The van der Waals surface area contributed by atoms with Crippen LogP contribution in [-0.2, 0) is 14.9 Å². The second-order valence-electron chi connectivity index (χ2n) is 5.66. The van der Waals surface area contributed by atoms with Crippen LogP contribution in [0.5, 0.6) is 0 Å². The lowest BCUT2D eigenvalue weighted by Gasteiger charge is -2.29. The van der Waals surface area contributed by atoms with Gasteiger partial charge in [0.2, 0.25) is 0 Å². The molecule has 0 bridgehead atoms. The first-order chi connectivity index (χ1) is 8.82. The van der Waals surface area contributed by atoms with E-state index in [-0.39, 0.29) is 12.2 Å². The lowest BCUT2D eigenvalue weighted by molar-refractivity contribution is -0.148. The number of hydrogen-bond donors (Lipinski definition) is 1. The van der Waals surface area contributed by atoms with Crippen molar-refractivity contribution in [1.29, 1.82) is 0 Å². The molecule has 1 aliphatic carbocycles. The molecule has 3 nitrogen and oxygen atoms in total. The van der Waals surface area contributed by atoms with Gasteiger partial charge in [-0.15, -0.1) is 0 Å². The molecule has 1 N–H and O–H groups in total. The molecule has 1 aromatic carbocycles. The summed E-state index contributed by atoms with van der Waals surface area (Å²) in [4.78, 5) is 12.2. The Balaban J connectivity index is 2.57. The zero-order valence-corrected chi connectivity index (χ0v) is 11.5. The van der Waals surface area contributed by atoms with Crippen LogP contribution in [0.3, 0.4) is 0 Å². The molecule has 1 aromatic rings. The minimum Gasteiger partial charge on any atom is -0.468 e. The van der Waals surface area contributed by atoms with Crippen LogP contribution in [0.25, 0.3) is 0 Å². The fraction of sp³-hybridized carbons (Fsp3) is 0.533. The Bertz CT molecular complexity index is 510. The number of hydrogen-bond acceptors (Lipinski definition) is 3. The van der Waals surface area contributed by atoms with Gasteiger partial charge in [0.15, 0.2) is 0 Å². The SMILES string of the molecule is COC(=O)[C@@]1(c2cccc(F)c2C)CC[C@@](C)(O)C1. The van der Waals surface area contributed by atoms with Gasteiger partial charge in [-0.05, 0) is 50.3 Å². The van der Waals surface area contributed by atoms with E-state index in [0.29, 0.717) is 24.0 Å². The molecule has 0 amide bonds. The van der Waals surface area contributed by atoms with E-state index in [9.17, 15) is 14.3 Å². The number of rotatable bonds is 2. The van der Waals surface area contributed by atoms with Crippen molar-refractivity contribution in [1.82, 2.24) is 0 Å². The Hall–Kier alpha value is -1.42. The quantitative estimate of drug-likeness (QED) is 0.836. The Labute approximate surface area is 112 Å². The van der Waals surface area contributed by atoms with Gasteiger partial charge in [0, 0.05) is 0 Å². The summed E-state index contributed by atoms with van der Waals surface area (Å²) in [6.07, 6.45) is 1.23. The number of ether oxygens (including phenoxy) is 1. The summed E-state index contributed by atoms with van der Waals surface area (Å²) in [6.45, 7) is 3.36. The Morgan fingerprint density at radius 1 is 1.42 bits per heavy atom. The molecule has 2 atom stereocenters. The average molecular weight is 266 g/mol. The minimum atomic E-state index is -0.940. The Morgan fingerprint density at radius 3 is 2.63 bits per heavy atom. The predicted octanol–water partition coefficient (Wildman–Crippen LogP) is 2.48. The van der Waals surface area contributed by atoms with Crippen molar-refractivity contribution >= 4 is 5.97 Å². The van der Waals surface area contributed by atoms with E-state index in [1.165, 1.54) is 13.2 Å². The summed E-state index contributed by atoms with van der Waals surface area (Å²) < 4.78 is 18.7. The van der Waals surface area contributed by atoms with Crippen molar-refractivity contribution in [3.8, 4) is 0 Å². The summed E-state index contributed by atoms with van der Waals surface area (Å²) in [6, 6.07) is 4.71. The molecule has 0 saturated heterocycles. The summed E-state index contributed by atoms with van der Waals surface area (Å²) >= 11 is 0. The fourth-order valence-electron chi connectivity index (χ4n) is 3.14. The molecule has 0 spiro atoms. The largest absolute Gasteiger partial charge is 0.468 e. The van der Waals surface area contributed by atoms with Crippen LogP contribution in [0.4, 0.5) is 4.39 Å². The average Bonchev–Trinajstić information content (AvgIpc) is 2.69. The van der Waals surface area contributed by atoms with Crippen LogP contribution < -0.4 is 0 Å². The number of carbonyl (C=O) groups is 1. The number of benzene rings is 1. The zero-order valence-electron chi connectivity index (χ0n) is 11.5. The lowest BCUT2D eigenvalue weighted by Crippen LogP contribution is -2.37. The third-order valence-electron chi connectivity index (χ3n) is 4.13. The van der Waals surface area contributed by atoms with Gasteiger partial charge in [-0.25, -0.2) is 4.39 Å². The van der Waals surface area contributed by atoms with E-state index in [1.807, 2.05) is 0 Å². The molecule has 19 heavy (non-hydrogen) atoms. The first-order valence-electron chi connectivity index (χ1n) is 6.39. The number of esters is 1. The number of halogens is 1. The molecule has 0 unspecified atom stereocenters. The van der Waals surface area contributed by atoms with Crippen LogP contribution >= 0.6 is 0 Å². The van der Waals surface area contributed by atoms with Gasteiger partial charge in [-0.3, -0.25) is 4.79 Å². The first kappa shape index (κ1) is 14.0. The van der Waals surface area contributed by atoms with Crippen LogP contribution in [0, 0.1) is 12.7 Å². The van der Waals surface area contributed by atoms with Gasteiger partial charge in [-0.1, -0.05) is 12.1 Å². The summed E-state index contributed by atoms with van der Waals surface area (Å²) in [7, 11) is 1.33. The lowest BCUT2D eigenvalue weighted by atomic mass is 9.76. The van der Waals surface area contributed by atoms with E-state index in [4.69, 9.17) is 4.74 Å². The normalized spacial score (nSPS) is 30.4. The maximum absolute atomic E-state index is 13.7. The number of aliphatic hydroxyl groups is 1. The van der Waals surface area contributed by atoms with Crippen molar-refractivity contribution in [3.63, 3.8) is 0 Å². The molecule has 1 fully saturated rings. The fourth-order valence-corrected chi connectivity index (χ4v) is 3.14. The van der Waals surface area contributed by atoms with E-state index < -0.39 is 17.0 Å². The molecule has 0 aromatic heterocycles. The van der Waals surface area contributed by atoms with E-state index in [2.05, 4.69) is 0 Å². The minimum absolute atomic E-state index is 0.261. The molecule has 4 heteroatoms. The van der Waals surface area contributed by atoms with Crippen LogP contribution in [-0.4, -0.2) is 23.8 Å². The molecular weight excluding hydrogens is 247 g/mol. The second-order valence-corrected chi connectivity index (χ2v) is 5.66. The highest BCUT2D eigenvalue weighted by Gasteiger charge is 2.52. The van der Waals surface area contributed by atoms with Crippen molar-refractivity contribution < 1.29 is 19.0 Å². The van der Waals surface area contributed by atoms with Gasteiger partial charge in [0.25, 0.3) is 0 Å². The molecule has 0 heterocycles. The summed E-state index contributed by atoms with van der Waals surface area (Å²) in [5, 5.41) is 10.2. The summed E-state index contributed by atoms with van der Waals surface area (Å²) in [5.74, 6) is -0.744. The molecule has 104 valence electrons. The molecule has 1 saturated carbocycles. The summed E-state index contributed by atoms with van der Waals surface area (Å²) in [5.41, 5.74) is -0.792. The number of methoxy groups -OCH3 is 1. The molecule has 0 aliphatic heterocycles. The van der Waals surface area contributed by atoms with Gasteiger partial charge in [-0.2, -0.15) is 0 Å². The van der Waals surface area contributed by atoms with Crippen molar-refractivity contribution in [2.45, 2.75) is 44.1 Å². The smallest absolute Gasteiger partial charge is 0.316 e. The van der Waals surface area contributed by atoms with Gasteiger partial charge < -0.3 is 9.84 Å². The maximum atomic E-state index is 13.7. The highest BCUT2D eigenvalue weighted by Crippen LogP contribution is 2.48. The molecule has 0 radical (unpaired) electrons. The van der Waals surface area contributed by atoms with E-state index in [1.54, 1.807) is 26.0 Å². The third kappa shape index (κ3) is 2.25. The van der Waals surface area contributed by atoms with Crippen molar-refractivity contribution in [2.75, 3.05) is 7.11 Å². The highest BCUT2D eigenvalue weighted by molar-refractivity contribution is 5.84. The standard InChI is InChI=1S/C15H19FO3/c1-10-11(5-4-6-12(10)16)15(13(17)19-3)8-7-14(2,18)9-15/h4-6,18H,7-9H2,1-3H3/t14-,15+/m1/s1. The highest BCUT2D eigenvalue weighted by atomic mass is 19.1. The molecule has 2 rings (SSSR count). The maximum Gasteiger partial charge on any atom is 0.316 e. The zero-order chi connectivity index (χ0) is 14.3. The van der Waals surface area contributed by atoms with Crippen LogP contribution in [0.2, 0.25) is 0 Å².